The molecular formula is C13H15F2N3O. The number of hydrogen-bond acceptors (Lipinski definition) is 4. The Kier molecular flexibility index (Phi) is 4.21. The molecule has 1 aromatic heterocycles. The SMILES string of the molecule is CCCNCc1nnc(-c2cc(C)c(F)cc2F)o1. The van der Waals surface area contributed by atoms with Gasteiger partial charge in [0.1, 0.15) is 11.6 Å². The zero-order valence-electron chi connectivity index (χ0n) is 10.8. The second kappa shape index (κ2) is 5.88. The van der Waals surface area contributed by atoms with Gasteiger partial charge < -0.3 is 9.73 Å². The van der Waals surface area contributed by atoms with E-state index in [9.17, 15) is 8.78 Å². The molecule has 0 atom stereocenters. The van der Waals surface area contributed by atoms with Crippen LogP contribution >= 0.6 is 0 Å². The van der Waals surface area contributed by atoms with Gasteiger partial charge in [-0.2, -0.15) is 0 Å². The van der Waals surface area contributed by atoms with E-state index in [1.54, 1.807) is 6.92 Å². The number of rotatable bonds is 5. The van der Waals surface area contributed by atoms with Crippen molar-refractivity contribution in [2.45, 2.75) is 26.8 Å². The van der Waals surface area contributed by atoms with Crippen LogP contribution in [-0.2, 0) is 6.54 Å². The van der Waals surface area contributed by atoms with Crippen molar-refractivity contribution < 1.29 is 13.2 Å². The fourth-order valence-corrected chi connectivity index (χ4v) is 1.63. The highest BCUT2D eigenvalue weighted by Gasteiger charge is 2.15. The van der Waals surface area contributed by atoms with Gasteiger partial charge in [0.15, 0.2) is 0 Å². The third-order valence-electron chi connectivity index (χ3n) is 2.65. The first-order valence-electron chi connectivity index (χ1n) is 6.11. The van der Waals surface area contributed by atoms with E-state index >= 15 is 0 Å². The van der Waals surface area contributed by atoms with E-state index in [1.807, 2.05) is 6.92 Å². The topological polar surface area (TPSA) is 51.0 Å². The summed E-state index contributed by atoms with van der Waals surface area (Å²) in [7, 11) is 0. The summed E-state index contributed by atoms with van der Waals surface area (Å²) in [5, 5.41) is 10.7. The first-order chi connectivity index (χ1) is 9.11. The Balaban J connectivity index is 2.20. The number of halogens is 2. The largest absolute Gasteiger partial charge is 0.419 e. The van der Waals surface area contributed by atoms with Crippen molar-refractivity contribution in [2.75, 3.05) is 6.54 Å². The summed E-state index contributed by atoms with van der Waals surface area (Å²) in [5.74, 6) is -0.857. The van der Waals surface area contributed by atoms with Gasteiger partial charge in [0.25, 0.3) is 5.89 Å². The summed E-state index contributed by atoms with van der Waals surface area (Å²) in [5.41, 5.74) is 0.452. The molecule has 1 N–H and O–H groups in total. The van der Waals surface area contributed by atoms with Crippen molar-refractivity contribution in [3.8, 4) is 11.5 Å². The zero-order chi connectivity index (χ0) is 13.8. The van der Waals surface area contributed by atoms with Crippen LogP contribution in [0.15, 0.2) is 16.5 Å². The molecule has 2 rings (SSSR count). The van der Waals surface area contributed by atoms with Gasteiger partial charge in [-0.1, -0.05) is 6.92 Å². The van der Waals surface area contributed by atoms with Gasteiger partial charge in [-0.25, -0.2) is 8.78 Å². The molecule has 0 amide bonds. The van der Waals surface area contributed by atoms with Gasteiger partial charge in [-0.15, -0.1) is 10.2 Å². The molecule has 4 nitrogen and oxygen atoms in total. The average Bonchev–Trinajstić information content (AvgIpc) is 2.83. The summed E-state index contributed by atoms with van der Waals surface area (Å²) in [6, 6.07) is 2.19. The van der Waals surface area contributed by atoms with Crippen molar-refractivity contribution in [1.82, 2.24) is 15.5 Å². The van der Waals surface area contributed by atoms with E-state index in [1.165, 1.54) is 6.07 Å². The molecule has 19 heavy (non-hydrogen) atoms. The smallest absolute Gasteiger partial charge is 0.250 e. The molecule has 0 spiro atoms. The lowest BCUT2D eigenvalue weighted by Gasteiger charge is -2.01. The van der Waals surface area contributed by atoms with Gasteiger partial charge in [-0.05, 0) is 31.5 Å². The number of aromatic nitrogens is 2. The molecule has 0 saturated carbocycles. The fraction of sp³-hybridized carbons (Fsp3) is 0.385. The van der Waals surface area contributed by atoms with E-state index in [2.05, 4.69) is 15.5 Å². The van der Waals surface area contributed by atoms with E-state index in [-0.39, 0.29) is 11.5 Å². The van der Waals surface area contributed by atoms with Crippen LogP contribution in [0.2, 0.25) is 0 Å². The molecule has 1 heterocycles. The van der Waals surface area contributed by atoms with E-state index in [0.717, 1.165) is 19.0 Å². The number of benzene rings is 1. The predicted molar refractivity (Wildman–Crippen MR) is 66.4 cm³/mol. The summed E-state index contributed by atoms with van der Waals surface area (Å²) in [6.07, 6.45) is 0.993. The number of aryl methyl sites for hydroxylation is 1. The lowest BCUT2D eigenvalue weighted by Crippen LogP contribution is -2.13. The van der Waals surface area contributed by atoms with Crippen molar-refractivity contribution in [2.24, 2.45) is 0 Å². The third kappa shape index (κ3) is 3.14. The maximum atomic E-state index is 13.6. The maximum absolute atomic E-state index is 13.6. The van der Waals surface area contributed by atoms with Crippen LogP contribution in [0.4, 0.5) is 8.78 Å². The molecule has 6 heteroatoms. The molecule has 0 unspecified atom stereocenters. The second-order valence-electron chi connectivity index (χ2n) is 4.26. The number of hydrogen-bond donors (Lipinski definition) is 1. The molecule has 102 valence electrons. The molecular weight excluding hydrogens is 252 g/mol. The highest BCUT2D eigenvalue weighted by Crippen LogP contribution is 2.24. The highest BCUT2D eigenvalue weighted by atomic mass is 19.1. The monoisotopic (exact) mass is 267 g/mol. The molecule has 0 radical (unpaired) electrons. The van der Waals surface area contributed by atoms with Crippen LogP contribution in [0.25, 0.3) is 11.5 Å². The van der Waals surface area contributed by atoms with Crippen LogP contribution in [0.3, 0.4) is 0 Å². The summed E-state index contributed by atoms with van der Waals surface area (Å²) < 4.78 is 32.2. The molecule has 1 aromatic carbocycles. The minimum atomic E-state index is -0.709. The standard InChI is InChI=1S/C13H15F2N3O/c1-3-4-16-7-12-17-18-13(19-12)9-5-8(2)10(14)6-11(9)15/h5-6,16H,3-4,7H2,1-2H3. The van der Waals surface area contributed by atoms with Crippen LogP contribution in [0, 0.1) is 18.6 Å². The predicted octanol–water partition coefficient (Wildman–Crippen LogP) is 2.82. The minimum Gasteiger partial charge on any atom is -0.419 e. The molecule has 0 bridgehead atoms. The van der Waals surface area contributed by atoms with Gasteiger partial charge >= 0.3 is 0 Å². The maximum Gasteiger partial charge on any atom is 0.250 e. The quantitative estimate of drug-likeness (QED) is 0.846. The van der Waals surface area contributed by atoms with Crippen molar-refractivity contribution >= 4 is 0 Å². The summed E-state index contributed by atoms with van der Waals surface area (Å²) in [6.45, 7) is 4.87. The Labute approximate surface area is 109 Å². The Morgan fingerprint density at radius 2 is 2.00 bits per heavy atom. The van der Waals surface area contributed by atoms with E-state index in [0.29, 0.717) is 18.0 Å². The van der Waals surface area contributed by atoms with Crippen molar-refractivity contribution in [3.05, 3.63) is 35.2 Å². The molecule has 0 saturated heterocycles. The lowest BCUT2D eigenvalue weighted by molar-refractivity contribution is 0.474. The zero-order valence-corrected chi connectivity index (χ0v) is 10.8. The fourth-order valence-electron chi connectivity index (χ4n) is 1.63. The Morgan fingerprint density at radius 1 is 1.21 bits per heavy atom. The van der Waals surface area contributed by atoms with E-state index < -0.39 is 11.6 Å². The molecule has 0 aliphatic carbocycles. The van der Waals surface area contributed by atoms with Crippen LogP contribution in [-0.4, -0.2) is 16.7 Å². The van der Waals surface area contributed by atoms with Gasteiger partial charge in [0, 0.05) is 6.07 Å². The Bertz CT molecular complexity index is 569. The molecule has 0 fully saturated rings. The minimum absolute atomic E-state index is 0.0638. The van der Waals surface area contributed by atoms with Crippen LogP contribution < -0.4 is 5.32 Å². The first-order valence-corrected chi connectivity index (χ1v) is 6.11. The second-order valence-corrected chi connectivity index (χ2v) is 4.26. The van der Waals surface area contributed by atoms with Crippen molar-refractivity contribution in [1.29, 1.82) is 0 Å². The number of nitrogens with zero attached hydrogens (tertiary/aromatic N) is 2. The van der Waals surface area contributed by atoms with Gasteiger partial charge in [0.05, 0.1) is 12.1 Å². The van der Waals surface area contributed by atoms with Gasteiger partial charge in [-0.3, -0.25) is 0 Å². The molecule has 0 aliphatic heterocycles. The lowest BCUT2D eigenvalue weighted by atomic mass is 10.1. The Morgan fingerprint density at radius 3 is 2.74 bits per heavy atom. The molecule has 0 aliphatic rings. The summed E-state index contributed by atoms with van der Waals surface area (Å²) in [4.78, 5) is 0. The number of nitrogens with one attached hydrogen (secondary N) is 1. The van der Waals surface area contributed by atoms with Gasteiger partial charge in [0.2, 0.25) is 5.89 Å². The Hall–Kier alpha value is -1.82. The molecule has 2 aromatic rings. The third-order valence-corrected chi connectivity index (χ3v) is 2.65. The van der Waals surface area contributed by atoms with Crippen LogP contribution in [0.5, 0.6) is 0 Å². The normalized spacial score (nSPS) is 10.9. The summed E-state index contributed by atoms with van der Waals surface area (Å²) >= 11 is 0. The van der Waals surface area contributed by atoms with E-state index in [4.69, 9.17) is 4.42 Å². The first kappa shape index (κ1) is 13.6. The van der Waals surface area contributed by atoms with Crippen molar-refractivity contribution in [3.63, 3.8) is 0 Å². The average molecular weight is 267 g/mol. The highest BCUT2D eigenvalue weighted by molar-refractivity contribution is 5.55. The van der Waals surface area contributed by atoms with Crippen LogP contribution in [0.1, 0.15) is 24.8 Å².